The molecular formula is C15H21N3O3. The first-order valence-electron chi connectivity index (χ1n) is 7.10. The Morgan fingerprint density at radius 2 is 2.10 bits per heavy atom. The number of hydrogen-bond donors (Lipinski definition) is 1. The summed E-state index contributed by atoms with van der Waals surface area (Å²) in [7, 11) is 0. The van der Waals surface area contributed by atoms with Crippen LogP contribution in [0.4, 0.5) is 0 Å². The van der Waals surface area contributed by atoms with Crippen molar-refractivity contribution >= 4 is 0 Å². The number of hydrogen-bond acceptors (Lipinski definition) is 6. The first-order chi connectivity index (χ1) is 10.2. The molecule has 1 aromatic heterocycles. The molecule has 0 spiro atoms. The fourth-order valence-electron chi connectivity index (χ4n) is 1.88. The molecule has 2 rings (SSSR count). The van der Waals surface area contributed by atoms with Crippen molar-refractivity contribution in [3.8, 4) is 11.5 Å². The lowest BCUT2D eigenvalue weighted by atomic mass is 10.1. The normalized spacial score (nSPS) is 10.6. The van der Waals surface area contributed by atoms with Crippen LogP contribution < -0.4 is 15.2 Å². The van der Waals surface area contributed by atoms with Crippen LogP contribution in [0.2, 0.25) is 0 Å². The van der Waals surface area contributed by atoms with Crippen LogP contribution in [0.1, 0.15) is 30.7 Å². The van der Waals surface area contributed by atoms with E-state index in [1.165, 1.54) is 0 Å². The second-order valence-corrected chi connectivity index (χ2v) is 4.66. The zero-order valence-corrected chi connectivity index (χ0v) is 12.5. The first-order valence-corrected chi connectivity index (χ1v) is 7.10. The van der Waals surface area contributed by atoms with Gasteiger partial charge >= 0.3 is 0 Å². The monoisotopic (exact) mass is 291 g/mol. The third-order valence-electron chi connectivity index (χ3n) is 2.84. The zero-order chi connectivity index (χ0) is 15.1. The van der Waals surface area contributed by atoms with Gasteiger partial charge in [-0.05, 0) is 31.0 Å². The van der Waals surface area contributed by atoms with Crippen molar-refractivity contribution in [1.29, 1.82) is 0 Å². The Labute approximate surface area is 124 Å². The van der Waals surface area contributed by atoms with Crippen molar-refractivity contribution in [1.82, 2.24) is 10.2 Å². The highest BCUT2D eigenvalue weighted by molar-refractivity contribution is 5.41. The highest BCUT2D eigenvalue weighted by Crippen LogP contribution is 2.26. The van der Waals surface area contributed by atoms with Gasteiger partial charge in [0.15, 0.2) is 6.61 Å². The lowest BCUT2D eigenvalue weighted by Crippen LogP contribution is -2.06. The molecule has 6 heteroatoms. The molecule has 0 aliphatic carbocycles. The maximum Gasteiger partial charge on any atom is 0.253 e. The molecule has 0 radical (unpaired) electrons. The summed E-state index contributed by atoms with van der Waals surface area (Å²) in [5.41, 5.74) is 6.67. The molecule has 114 valence electrons. The van der Waals surface area contributed by atoms with Gasteiger partial charge in [-0.25, -0.2) is 0 Å². The molecule has 0 unspecified atom stereocenters. The molecule has 6 nitrogen and oxygen atoms in total. The second kappa shape index (κ2) is 7.64. The smallest absolute Gasteiger partial charge is 0.253 e. The summed E-state index contributed by atoms with van der Waals surface area (Å²) in [5, 5.41) is 7.69. The average Bonchev–Trinajstić information content (AvgIpc) is 2.90. The van der Waals surface area contributed by atoms with E-state index in [4.69, 9.17) is 19.6 Å². The summed E-state index contributed by atoms with van der Waals surface area (Å²) in [5.74, 6) is 2.50. The Hall–Kier alpha value is -2.08. The van der Waals surface area contributed by atoms with E-state index >= 15 is 0 Å². The molecule has 2 N–H and O–H groups in total. The summed E-state index contributed by atoms with van der Waals surface area (Å²) in [6.45, 7) is 5.28. The van der Waals surface area contributed by atoms with Crippen LogP contribution in [0.3, 0.4) is 0 Å². The van der Waals surface area contributed by atoms with Crippen LogP contribution in [0, 0.1) is 6.92 Å². The van der Waals surface area contributed by atoms with Crippen molar-refractivity contribution in [2.24, 2.45) is 5.73 Å². The number of benzene rings is 1. The molecule has 1 aromatic carbocycles. The Bertz CT molecular complexity index is 569. The van der Waals surface area contributed by atoms with Gasteiger partial charge in [0, 0.05) is 13.0 Å². The number of rotatable bonds is 8. The number of nitrogens with two attached hydrogens (primary N) is 1. The van der Waals surface area contributed by atoms with Crippen LogP contribution in [-0.2, 0) is 13.0 Å². The van der Waals surface area contributed by atoms with Crippen molar-refractivity contribution in [2.45, 2.75) is 33.3 Å². The highest BCUT2D eigenvalue weighted by atomic mass is 16.5. The van der Waals surface area contributed by atoms with E-state index in [0.29, 0.717) is 24.9 Å². The van der Waals surface area contributed by atoms with E-state index < -0.39 is 0 Å². The molecule has 0 fully saturated rings. The van der Waals surface area contributed by atoms with Gasteiger partial charge in [-0.3, -0.25) is 0 Å². The first kappa shape index (κ1) is 15.3. The minimum Gasteiger partial charge on any atom is -0.493 e. The van der Waals surface area contributed by atoms with Gasteiger partial charge < -0.3 is 19.6 Å². The maximum absolute atomic E-state index is 5.78. The van der Waals surface area contributed by atoms with E-state index in [2.05, 4.69) is 17.1 Å². The SMILES string of the molecule is CCCOc1ccc(CCN)c(OCc2nnc(C)o2)c1. The van der Waals surface area contributed by atoms with E-state index in [1.54, 1.807) is 6.92 Å². The van der Waals surface area contributed by atoms with E-state index in [-0.39, 0.29) is 6.61 Å². The van der Waals surface area contributed by atoms with Crippen LogP contribution in [0.25, 0.3) is 0 Å². The van der Waals surface area contributed by atoms with Gasteiger partial charge in [-0.15, -0.1) is 10.2 Å². The fraction of sp³-hybridized carbons (Fsp3) is 0.467. The molecule has 0 atom stereocenters. The second-order valence-electron chi connectivity index (χ2n) is 4.66. The minimum atomic E-state index is 0.232. The van der Waals surface area contributed by atoms with Gasteiger partial charge in [0.25, 0.3) is 5.89 Å². The molecule has 1 heterocycles. The van der Waals surface area contributed by atoms with Crippen molar-refractivity contribution in [3.05, 3.63) is 35.5 Å². The molecule has 0 aliphatic heterocycles. The Kier molecular flexibility index (Phi) is 5.57. The van der Waals surface area contributed by atoms with Crippen LogP contribution >= 0.6 is 0 Å². The standard InChI is InChI=1S/C15H21N3O3/c1-3-8-19-13-5-4-12(6-7-16)14(9-13)20-10-15-18-17-11(2)21-15/h4-5,9H,3,6-8,10,16H2,1-2H3. The topological polar surface area (TPSA) is 83.4 Å². The zero-order valence-electron chi connectivity index (χ0n) is 12.5. The number of ether oxygens (including phenoxy) is 2. The third-order valence-corrected chi connectivity index (χ3v) is 2.84. The quantitative estimate of drug-likeness (QED) is 0.803. The number of aromatic nitrogens is 2. The van der Waals surface area contributed by atoms with Crippen LogP contribution in [0.15, 0.2) is 22.6 Å². The van der Waals surface area contributed by atoms with Gasteiger partial charge in [-0.2, -0.15) is 0 Å². The Morgan fingerprint density at radius 3 is 2.76 bits per heavy atom. The maximum atomic E-state index is 5.78. The van der Waals surface area contributed by atoms with E-state index in [9.17, 15) is 0 Å². The Balaban J connectivity index is 2.09. The largest absolute Gasteiger partial charge is 0.493 e. The van der Waals surface area contributed by atoms with E-state index in [0.717, 1.165) is 29.9 Å². The molecule has 21 heavy (non-hydrogen) atoms. The molecule has 0 amide bonds. The molecule has 0 bridgehead atoms. The van der Waals surface area contributed by atoms with Gasteiger partial charge in [-0.1, -0.05) is 13.0 Å². The average molecular weight is 291 g/mol. The fourth-order valence-corrected chi connectivity index (χ4v) is 1.88. The molecular weight excluding hydrogens is 270 g/mol. The number of nitrogens with zero attached hydrogens (tertiary/aromatic N) is 2. The summed E-state index contributed by atoms with van der Waals surface area (Å²) in [6, 6.07) is 5.79. The molecule has 0 saturated carbocycles. The van der Waals surface area contributed by atoms with Gasteiger partial charge in [0.1, 0.15) is 11.5 Å². The summed E-state index contributed by atoms with van der Waals surface area (Å²) >= 11 is 0. The lowest BCUT2D eigenvalue weighted by Gasteiger charge is -2.12. The summed E-state index contributed by atoms with van der Waals surface area (Å²) in [6.07, 6.45) is 1.70. The van der Waals surface area contributed by atoms with Crippen molar-refractivity contribution in [3.63, 3.8) is 0 Å². The number of aryl methyl sites for hydroxylation is 1. The lowest BCUT2D eigenvalue weighted by molar-refractivity contribution is 0.255. The summed E-state index contributed by atoms with van der Waals surface area (Å²) < 4.78 is 16.7. The third kappa shape index (κ3) is 4.46. The molecule has 2 aromatic rings. The predicted molar refractivity (Wildman–Crippen MR) is 78.4 cm³/mol. The van der Waals surface area contributed by atoms with Crippen LogP contribution in [0.5, 0.6) is 11.5 Å². The Morgan fingerprint density at radius 1 is 1.24 bits per heavy atom. The summed E-state index contributed by atoms with van der Waals surface area (Å²) in [4.78, 5) is 0. The van der Waals surface area contributed by atoms with E-state index in [1.807, 2.05) is 18.2 Å². The highest BCUT2D eigenvalue weighted by Gasteiger charge is 2.09. The minimum absolute atomic E-state index is 0.232. The predicted octanol–water partition coefficient (Wildman–Crippen LogP) is 2.25. The van der Waals surface area contributed by atoms with Crippen LogP contribution in [-0.4, -0.2) is 23.3 Å². The molecule has 0 aliphatic rings. The van der Waals surface area contributed by atoms with Crippen molar-refractivity contribution in [2.75, 3.05) is 13.2 Å². The van der Waals surface area contributed by atoms with Gasteiger partial charge in [0.05, 0.1) is 6.61 Å². The molecule has 0 saturated heterocycles. The van der Waals surface area contributed by atoms with Crippen molar-refractivity contribution < 1.29 is 13.9 Å². The van der Waals surface area contributed by atoms with Gasteiger partial charge in [0.2, 0.25) is 5.89 Å².